The van der Waals surface area contributed by atoms with Crippen LogP contribution in [0.25, 0.3) is 0 Å². The third-order valence-electron chi connectivity index (χ3n) is 6.24. The van der Waals surface area contributed by atoms with E-state index < -0.39 is 0 Å². The summed E-state index contributed by atoms with van der Waals surface area (Å²) in [4.78, 5) is 15.0. The molecule has 31 heavy (non-hydrogen) atoms. The van der Waals surface area contributed by atoms with Crippen molar-refractivity contribution in [1.82, 2.24) is 4.90 Å². The number of hydrogen-bond donors (Lipinski definition) is 0. The molecule has 0 spiro atoms. The Morgan fingerprint density at radius 2 is 1.61 bits per heavy atom. The second-order valence-corrected chi connectivity index (χ2v) is 7.88. The molecule has 7 heteroatoms. The summed E-state index contributed by atoms with van der Waals surface area (Å²) < 4.78 is 28.5. The van der Waals surface area contributed by atoms with Crippen LogP contribution in [0.2, 0.25) is 0 Å². The van der Waals surface area contributed by atoms with Crippen molar-refractivity contribution in [3.8, 4) is 0 Å². The van der Waals surface area contributed by atoms with Crippen LogP contribution in [0, 0.1) is 37.7 Å². The molecule has 0 heterocycles. The van der Waals surface area contributed by atoms with Gasteiger partial charge in [-0.1, -0.05) is 37.6 Å². The van der Waals surface area contributed by atoms with Crippen molar-refractivity contribution in [1.29, 1.82) is 0 Å². The molecule has 2 aliphatic rings. The van der Waals surface area contributed by atoms with E-state index in [2.05, 4.69) is 77.1 Å². The monoisotopic (exact) mass is 465 g/mol. The van der Waals surface area contributed by atoms with Crippen molar-refractivity contribution in [2.45, 2.75) is 58.1 Å². The van der Waals surface area contributed by atoms with Gasteiger partial charge in [-0.3, -0.25) is 4.79 Å². The first-order valence-electron chi connectivity index (χ1n) is 10.1. The molecular formula is C24H31CrNO5. The van der Waals surface area contributed by atoms with Crippen molar-refractivity contribution < 1.29 is 40.8 Å². The fourth-order valence-electron chi connectivity index (χ4n) is 4.59. The first-order chi connectivity index (χ1) is 14.5. The zero-order valence-electron chi connectivity index (χ0n) is 18.6. The third kappa shape index (κ3) is 8.45. The third-order valence-corrected chi connectivity index (χ3v) is 6.24. The zero-order chi connectivity index (χ0) is 23.3. The van der Waals surface area contributed by atoms with Gasteiger partial charge < -0.3 is 9.64 Å². The number of hydrogen-bond acceptors (Lipinski definition) is 3. The summed E-state index contributed by atoms with van der Waals surface area (Å²) in [5, 5.41) is 0. The van der Waals surface area contributed by atoms with E-state index in [0.29, 0.717) is 12.0 Å². The molecule has 2 aliphatic carbocycles. The van der Waals surface area contributed by atoms with E-state index in [1.807, 2.05) is 0 Å². The average Bonchev–Trinajstić information content (AvgIpc) is 3.45. The molecule has 2 fully saturated rings. The first kappa shape index (κ1) is 31.6. The Labute approximate surface area is 197 Å². The average molecular weight is 466 g/mol. The van der Waals surface area contributed by atoms with E-state index in [1.165, 1.54) is 24.8 Å². The van der Waals surface area contributed by atoms with Gasteiger partial charge in [-0.25, -0.2) is 0 Å². The van der Waals surface area contributed by atoms with Crippen LogP contribution in [0.3, 0.4) is 0 Å². The topological polar surface area (TPSA) is 89.2 Å². The summed E-state index contributed by atoms with van der Waals surface area (Å²) >= 11 is 0. The Morgan fingerprint density at radius 1 is 1.06 bits per heavy atom. The molecule has 6 nitrogen and oxygen atoms in total. The molecule has 0 amide bonds. The van der Waals surface area contributed by atoms with E-state index >= 15 is 0 Å². The molecule has 1 aromatic carbocycles. The van der Waals surface area contributed by atoms with Crippen LogP contribution in [0.15, 0.2) is 24.3 Å². The Hall–Kier alpha value is -1.60. The molecule has 5 atom stereocenters. The minimum absolute atomic E-state index is 0. The van der Waals surface area contributed by atoms with E-state index in [0.717, 1.165) is 24.3 Å². The summed E-state index contributed by atoms with van der Waals surface area (Å²) in [6.07, 6.45) is 5.52. The fourth-order valence-corrected chi connectivity index (χ4v) is 4.59. The van der Waals surface area contributed by atoms with Crippen LogP contribution in [-0.2, 0) is 40.8 Å². The number of nitrogens with zero attached hydrogens (tertiary/aromatic N) is 1. The van der Waals surface area contributed by atoms with Crippen molar-refractivity contribution in [2.75, 3.05) is 14.1 Å². The Bertz CT molecular complexity index is 701. The number of esters is 1. The molecule has 0 unspecified atom stereocenters. The van der Waals surface area contributed by atoms with Gasteiger partial charge in [0.05, 0.1) is 5.92 Å². The maximum atomic E-state index is 12.8. The predicted molar refractivity (Wildman–Crippen MR) is 108 cm³/mol. The molecule has 0 radical (unpaired) electrons. The summed E-state index contributed by atoms with van der Waals surface area (Å²) in [5.41, 5.74) is 2.42. The standard InChI is InChI=1S/C21H31NO2.3CO.Cr/c1-5-20(18-9-7-6-8-17(18)14(2)22(3)4)24-21(23)19-13-15-10-11-16(19)12-15;3*1-2;/h6-9,14-16,19-20H,5,10-13H2,1-4H3;;;;/t14-,15-,16+,19+,20+;;;;/m1..../s1. The number of carbonyl (C=O) groups is 1. The molecule has 1 aromatic rings. The van der Waals surface area contributed by atoms with Crippen LogP contribution in [0.5, 0.6) is 0 Å². The second-order valence-electron chi connectivity index (χ2n) is 7.88. The number of carbonyl (C=O) groups excluding carboxylic acids is 1. The van der Waals surface area contributed by atoms with Crippen LogP contribution in [0.4, 0.5) is 0 Å². The normalized spacial score (nSPS) is 22.0. The molecule has 2 bridgehead atoms. The van der Waals surface area contributed by atoms with Gasteiger partial charge in [0, 0.05) is 23.4 Å². The van der Waals surface area contributed by atoms with E-state index in [4.69, 9.17) is 18.7 Å². The van der Waals surface area contributed by atoms with Crippen molar-refractivity contribution in [3.05, 3.63) is 55.3 Å². The second kappa shape index (κ2) is 17.0. The maximum absolute atomic E-state index is 12.8. The van der Waals surface area contributed by atoms with Gasteiger partial charge in [-0.2, -0.15) is 0 Å². The van der Waals surface area contributed by atoms with Crippen molar-refractivity contribution >= 4 is 5.97 Å². The quantitative estimate of drug-likeness (QED) is 0.349. The first-order valence-corrected chi connectivity index (χ1v) is 10.1. The summed E-state index contributed by atoms with van der Waals surface area (Å²) in [6, 6.07) is 8.71. The molecular weight excluding hydrogens is 434 g/mol. The van der Waals surface area contributed by atoms with Gasteiger partial charge in [-0.05, 0) is 69.7 Å². The number of fused-ring (bicyclic) bond motifs is 2. The van der Waals surface area contributed by atoms with Gasteiger partial charge in [0.15, 0.2) is 0 Å². The van der Waals surface area contributed by atoms with E-state index in [9.17, 15) is 4.79 Å². The minimum atomic E-state index is -0.129. The SMILES string of the molecule is CC[C@H](OC(=O)[C@H]1C[C@@H]2CC[C@H]1C2)c1ccccc1[C@@H](C)N(C)C.[C-]#[O+].[C-]#[O+].[C-]#[O+].[Cr]. The van der Waals surface area contributed by atoms with Gasteiger partial charge in [0.25, 0.3) is 0 Å². The van der Waals surface area contributed by atoms with Crippen molar-refractivity contribution in [3.63, 3.8) is 0 Å². The molecule has 3 rings (SSSR count). The van der Waals surface area contributed by atoms with Crippen LogP contribution < -0.4 is 0 Å². The zero-order valence-corrected chi connectivity index (χ0v) is 19.9. The Balaban J connectivity index is 0. The summed E-state index contributed by atoms with van der Waals surface area (Å²) in [5.74, 6) is 1.54. The molecule has 0 aromatic heterocycles. The summed E-state index contributed by atoms with van der Waals surface area (Å²) in [6.45, 7) is 17.8. The van der Waals surface area contributed by atoms with Gasteiger partial charge in [0.2, 0.25) is 0 Å². The van der Waals surface area contributed by atoms with Crippen LogP contribution in [-0.4, -0.2) is 25.0 Å². The van der Waals surface area contributed by atoms with E-state index in [1.54, 1.807) is 0 Å². The number of rotatable bonds is 6. The molecule has 0 N–H and O–H groups in total. The molecule has 0 saturated heterocycles. The molecule has 168 valence electrons. The van der Waals surface area contributed by atoms with Gasteiger partial charge in [-0.15, -0.1) is 0 Å². The van der Waals surface area contributed by atoms with Crippen LogP contribution in [0.1, 0.15) is 69.2 Å². The fraction of sp³-hybridized carbons (Fsp3) is 0.583. The maximum Gasteiger partial charge on any atom is 0 e. The molecule has 0 aliphatic heterocycles. The van der Waals surface area contributed by atoms with Gasteiger partial charge >= 0.3 is 39.9 Å². The van der Waals surface area contributed by atoms with Crippen molar-refractivity contribution in [2.24, 2.45) is 17.8 Å². The predicted octanol–water partition coefficient (Wildman–Crippen LogP) is 4.62. The van der Waals surface area contributed by atoms with Crippen LogP contribution >= 0.6 is 0 Å². The largest absolute Gasteiger partial charge is 0 e. The Kier molecular flexibility index (Phi) is 17.3. The minimum Gasteiger partial charge on any atom is 0 e. The smallest absolute Gasteiger partial charge is 0 e. The number of benzene rings is 1. The van der Waals surface area contributed by atoms with Gasteiger partial charge in [0.1, 0.15) is 6.10 Å². The molecule has 2 saturated carbocycles. The van der Waals surface area contributed by atoms with E-state index in [-0.39, 0.29) is 35.4 Å². The summed E-state index contributed by atoms with van der Waals surface area (Å²) in [7, 11) is 4.17. The number of ether oxygens (including phenoxy) is 1. The Morgan fingerprint density at radius 3 is 2.03 bits per heavy atom.